The van der Waals surface area contributed by atoms with Crippen LogP contribution >= 0.6 is 0 Å². The van der Waals surface area contributed by atoms with E-state index in [9.17, 15) is 9.59 Å². The third-order valence-corrected chi connectivity index (χ3v) is 3.00. The molecule has 1 aromatic carbocycles. The summed E-state index contributed by atoms with van der Waals surface area (Å²) in [5.74, 6) is -0.800. The highest BCUT2D eigenvalue weighted by Crippen LogP contribution is 2.09. The van der Waals surface area contributed by atoms with Crippen LogP contribution in [0.25, 0.3) is 0 Å². The van der Waals surface area contributed by atoms with Crippen molar-refractivity contribution in [3.05, 3.63) is 35.4 Å². The van der Waals surface area contributed by atoms with Crippen LogP contribution in [0.5, 0.6) is 0 Å². The van der Waals surface area contributed by atoms with Gasteiger partial charge in [0.05, 0.1) is 24.3 Å². The lowest BCUT2D eigenvalue weighted by atomic mass is 10.1. The third kappa shape index (κ3) is 6.43. The molecule has 0 N–H and O–H groups in total. The molecule has 0 aliphatic heterocycles. The zero-order valence-corrected chi connectivity index (χ0v) is 12.9. The fraction of sp³-hybridized carbons (Fsp3) is 0.529. The van der Waals surface area contributed by atoms with Crippen molar-refractivity contribution in [3.63, 3.8) is 0 Å². The number of benzene rings is 1. The Morgan fingerprint density at radius 3 is 2.05 bits per heavy atom. The van der Waals surface area contributed by atoms with Crippen LogP contribution in [0.1, 0.15) is 66.7 Å². The van der Waals surface area contributed by atoms with Crippen LogP contribution in [-0.4, -0.2) is 25.2 Å². The first-order valence-corrected chi connectivity index (χ1v) is 7.63. The second-order valence-corrected chi connectivity index (χ2v) is 4.91. The predicted molar refractivity (Wildman–Crippen MR) is 81.4 cm³/mol. The normalized spacial score (nSPS) is 10.2. The van der Waals surface area contributed by atoms with Gasteiger partial charge in [0, 0.05) is 0 Å². The average Bonchev–Trinajstić information content (AvgIpc) is 2.52. The molecule has 0 aliphatic rings. The van der Waals surface area contributed by atoms with Gasteiger partial charge >= 0.3 is 11.9 Å². The van der Waals surface area contributed by atoms with Gasteiger partial charge in [0.2, 0.25) is 0 Å². The Hall–Kier alpha value is -1.84. The summed E-state index contributed by atoms with van der Waals surface area (Å²) in [6.45, 7) is 4.86. The highest BCUT2D eigenvalue weighted by molar-refractivity contribution is 5.95. The maximum absolute atomic E-state index is 11.9. The van der Waals surface area contributed by atoms with E-state index in [4.69, 9.17) is 9.47 Å². The number of ether oxygens (including phenoxy) is 2. The van der Waals surface area contributed by atoms with E-state index in [1.807, 2.05) is 6.92 Å². The summed E-state index contributed by atoms with van der Waals surface area (Å²) < 4.78 is 10.2. The van der Waals surface area contributed by atoms with E-state index in [1.54, 1.807) is 18.2 Å². The number of rotatable bonds is 9. The van der Waals surface area contributed by atoms with Gasteiger partial charge in [-0.25, -0.2) is 9.59 Å². The smallest absolute Gasteiger partial charge is 0.338 e. The molecule has 116 valence electrons. The molecule has 0 atom stereocenters. The fourth-order valence-corrected chi connectivity index (χ4v) is 1.83. The highest BCUT2D eigenvalue weighted by atomic mass is 16.5. The SMILES string of the molecule is CCCCCCOC(=O)c1cccc(C(=O)OCCC)c1. The molecular weight excluding hydrogens is 268 g/mol. The number of hydrogen-bond acceptors (Lipinski definition) is 4. The van der Waals surface area contributed by atoms with Crippen molar-refractivity contribution in [2.75, 3.05) is 13.2 Å². The molecule has 0 radical (unpaired) electrons. The molecule has 0 saturated carbocycles. The molecule has 0 aliphatic carbocycles. The van der Waals surface area contributed by atoms with Gasteiger partial charge < -0.3 is 9.47 Å². The van der Waals surface area contributed by atoms with Crippen LogP contribution in [0.15, 0.2) is 24.3 Å². The van der Waals surface area contributed by atoms with Gasteiger partial charge in [-0.15, -0.1) is 0 Å². The summed E-state index contributed by atoms with van der Waals surface area (Å²) in [5.41, 5.74) is 0.764. The Morgan fingerprint density at radius 2 is 1.48 bits per heavy atom. The minimum absolute atomic E-state index is 0.379. The lowest BCUT2D eigenvalue weighted by molar-refractivity contribution is 0.0497. The van der Waals surface area contributed by atoms with Crippen LogP contribution < -0.4 is 0 Å². The first kappa shape index (κ1) is 17.2. The molecule has 1 aromatic rings. The topological polar surface area (TPSA) is 52.6 Å². The molecule has 21 heavy (non-hydrogen) atoms. The maximum Gasteiger partial charge on any atom is 0.338 e. The average molecular weight is 292 g/mol. The van der Waals surface area contributed by atoms with E-state index in [1.165, 1.54) is 6.07 Å². The zero-order valence-electron chi connectivity index (χ0n) is 12.9. The van der Waals surface area contributed by atoms with Gasteiger partial charge in [-0.3, -0.25) is 0 Å². The summed E-state index contributed by atoms with van der Waals surface area (Å²) in [7, 11) is 0. The Labute approximate surface area is 126 Å². The molecule has 0 amide bonds. The molecule has 0 unspecified atom stereocenters. The second kappa shape index (κ2) is 9.97. The summed E-state index contributed by atoms with van der Waals surface area (Å²) in [6, 6.07) is 6.46. The minimum atomic E-state index is -0.408. The number of unbranched alkanes of at least 4 members (excludes halogenated alkanes) is 3. The Bertz CT molecular complexity index is 454. The number of esters is 2. The van der Waals surface area contributed by atoms with Crippen LogP contribution in [0.4, 0.5) is 0 Å². The lowest BCUT2D eigenvalue weighted by Crippen LogP contribution is -2.10. The quantitative estimate of drug-likeness (QED) is 0.510. The van der Waals surface area contributed by atoms with E-state index in [2.05, 4.69) is 6.92 Å². The number of carbonyl (C=O) groups is 2. The van der Waals surface area contributed by atoms with Crippen LogP contribution in [0.3, 0.4) is 0 Å². The van der Waals surface area contributed by atoms with Crippen LogP contribution in [-0.2, 0) is 9.47 Å². The van der Waals surface area contributed by atoms with Gasteiger partial charge in [0.25, 0.3) is 0 Å². The van der Waals surface area contributed by atoms with Gasteiger partial charge in [-0.05, 0) is 31.0 Å². The zero-order chi connectivity index (χ0) is 15.5. The number of hydrogen-bond donors (Lipinski definition) is 0. The largest absolute Gasteiger partial charge is 0.462 e. The van der Waals surface area contributed by atoms with E-state index in [0.29, 0.717) is 24.3 Å². The van der Waals surface area contributed by atoms with Crippen molar-refractivity contribution in [2.24, 2.45) is 0 Å². The number of carbonyl (C=O) groups excluding carboxylic acids is 2. The molecule has 1 rings (SSSR count). The Balaban J connectivity index is 2.50. The van der Waals surface area contributed by atoms with E-state index >= 15 is 0 Å². The van der Waals surface area contributed by atoms with Gasteiger partial charge in [0.15, 0.2) is 0 Å². The summed E-state index contributed by atoms with van der Waals surface area (Å²) >= 11 is 0. The van der Waals surface area contributed by atoms with Gasteiger partial charge in [-0.1, -0.05) is 39.2 Å². The lowest BCUT2D eigenvalue weighted by Gasteiger charge is -2.07. The van der Waals surface area contributed by atoms with Crippen molar-refractivity contribution >= 4 is 11.9 Å². The molecule has 0 fully saturated rings. The molecular formula is C17H24O4. The molecule has 0 saturated heterocycles. The predicted octanol–water partition coefficient (Wildman–Crippen LogP) is 3.99. The monoisotopic (exact) mass is 292 g/mol. The Kier molecular flexibility index (Phi) is 8.17. The molecule has 0 heterocycles. The van der Waals surface area contributed by atoms with E-state index in [0.717, 1.165) is 32.1 Å². The van der Waals surface area contributed by atoms with Crippen molar-refractivity contribution in [3.8, 4) is 0 Å². The first-order valence-electron chi connectivity index (χ1n) is 7.63. The first-order chi connectivity index (χ1) is 10.2. The fourth-order valence-electron chi connectivity index (χ4n) is 1.83. The Morgan fingerprint density at radius 1 is 0.857 bits per heavy atom. The van der Waals surface area contributed by atoms with Crippen molar-refractivity contribution in [1.82, 2.24) is 0 Å². The van der Waals surface area contributed by atoms with Crippen molar-refractivity contribution < 1.29 is 19.1 Å². The van der Waals surface area contributed by atoms with Crippen molar-refractivity contribution in [1.29, 1.82) is 0 Å². The summed E-state index contributed by atoms with van der Waals surface area (Å²) in [4.78, 5) is 23.6. The van der Waals surface area contributed by atoms with E-state index < -0.39 is 11.9 Å². The summed E-state index contributed by atoms with van der Waals surface area (Å²) in [5, 5.41) is 0. The van der Waals surface area contributed by atoms with Gasteiger partial charge in [-0.2, -0.15) is 0 Å². The molecule has 4 nitrogen and oxygen atoms in total. The minimum Gasteiger partial charge on any atom is -0.462 e. The molecule has 0 spiro atoms. The van der Waals surface area contributed by atoms with Crippen molar-refractivity contribution in [2.45, 2.75) is 46.0 Å². The van der Waals surface area contributed by atoms with E-state index in [-0.39, 0.29) is 0 Å². The third-order valence-electron chi connectivity index (χ3n) is 3.00. The molecule has 0 bridgehead atoms. The molecule has 0 aromatic heterocycles. The highest BCUT2D eigenvalue weighted by Gasteiger charge is 2.12. The maximum atomic E-state index is 11.9. The van der Waals surface area contributed by atoms with Gasteiger partial charge in [0.1, 0.15) is 0 Å². The molecule has 4 heteroatoms. The second-order valence-electron chi connectivity index (χ2n) is 4.91. The summed E-state index contributed by atoms with van der Waals surface area (Å²) in [6.07, 6.45) is 5.00. The van der Waals surface area contributed by atoms with Crippen LogP contribution in [0, 0.1) is 0 Å². The standard InChI is InChI=1S/C17H24O4/c1-3-5-6-7-12-21-17(19)15-10-8-9-14(13-15)16(18)20-11-4-2/h8-10,13H,3-7,11-12H2,1-2H3. The van der Waals surface area contributed by atoms with Crippen LogP contribution in [0.2, 0.25) is 0 Å².